The molecule has 0 amide bonds. The summed E-state index contributed by atoms with van der Waals surface area (Å²) in [7, 11) is -3.86. The lowest BCUT2D eigenvalue weighted by Crippen LogP contribution is -2.43. The number of benzene rings is 2. The standard InChI is InChI=1S/C17H18F3N3O2S2/c18-17(19,20)12-23(16(26)22-10-13-4-2-1-3-5-13)11-14-6-8-15(9-7-14)27(21,24)25/h1-9H,10-12H2,(H,22,26)(H2,21,24,25). The normalized spacial score (nSPS) is 11.9. The summed E-state index contributed by atoms with van der Waals surface area (Å²) < 4.78 is 61.3. The third-order valence-electron chi connectivity index (χ3n) is 3.57. The summed E-state index contributed by atoms with van der Waals surface area (Å²) in [6, 6.07) is 14.4. The summed E-state index contributed by atoms with van der Waals surface area (Å²) >= 11 is 5.13. The molecule has 0 heterocycles. The van der Waals surface area contributed by atoms with E-state index in [0.717, 1.165) is 10.5 Å². The first-order valence-corrected chi connectivity index (χ1v) is 9.75. The van der Waals surface area contributed by atoms with Gasteiger partial charge in [-0.1, -0.05) is 42.5 Å². The molecular weight excluding hydrogens is 399 g/mol. The van der Waals surface area contributed by atoms with E-state index < -0.39 is 22.7 Å². The zero-order valence-electron chi connectivity index (χ0n) is 14.1. The molecule has 0 atom stereocenters. The van der Waals surface area contributed by atoms with Crippen LogP contribution in [0.25, 0.3) is 0 Å². The Morgan fingerprint density at radius 1 is 1.04 bits per heavy atom. The molecule has 27 heavy (non-hydrogen) atoms. The molecule has 0 aliphatic carbocycles. The average Bonchev–Trinajstić information content (AvgIpc) is 2.58. The van der Waals surface area contributed by atoms with Crippen molar-refractivity contribution in [1.82, 2.24) is 10.2 Å². The van der Waals surface area contributed by atoms with Crippen LogP contribution in [0.3, 0.4) is 0 Å². The number of sulfonamides is 1. The Morgan fingerprint density at radius 2 is 1.63 bits per heavy atom. The van der Waals surface area contributed by atoms with E-state index in [1.54, 1.807) is 0 Å². The van der Waals surface area contributed by atoms with Gasteiger partial charge in [0, 0.05) is 13.1 Å². The molecule has 0 bridgehead atoms. The van der Waals surface area contributed by atoms with Gasteiger partial charge in [0.2, 0.25) is 10.0 Å². The molecule has 10 heteroatoms. The third-order valence-corrected chi connectivity index (χ3v) is 4.90. The fourth-order valence-corrected chi connectivity index (χ4v) is 3.02. The summed E-state index contributed by atoms with van der Waals surface area (Å²) in [6.45, 7) is -1.08. The predicted octanol–water partition coefficient (Wildman–Crippen LogP) is 2.77. The SMILES string of the molecule is NS(=O)(=O)c1ccc(CN(CC(F)(F)F)C(=S)NCc2ccccc2)cc1. The van der Waals surface area contributed by atoms with Gasteiger partial charge in [0.25, 0.3) is 0 Å². The van der Waals surface area contributed by atoms with Crippen LogP contribution in [0.4, 0.5) is 13.2 Å². The number of halogens is 3. The van der Waals surface area contributed by atoms with Crippen LogP contribution in [0.5, 0.6) is 0 Å². The zero-order chi connectivity index (χ0) is 20.1. The van der Waals surface area contributed by atoms with Gasteiger partial charge in [-0.3, -0.25) is 0 Å². The topological polar surface area (TPSA) is 75.4 Å². The van der Waals surface area contributed by atoms with Gasteiger partial charge in [0.1, 0.15) is 6.54 Å². The summed E-state index contributed by atoms with van der Waals surface area (Å²) in [5, 5.41) is 7.79. The Bertz CT molecular complexity index is 871. The van der Waals surface area contributed by atoms with Crippen molar-refractivity contribution in [2.45, 2.75) is 24.2 Å². The average molecular weight is 417 g/mol. The van der Waals surface area contributed by atoms with Crippen molar-refractivity contribution < 1.29 is 21.6 Å². The first-order valence-electron chi connectivity index (χ1n) is 7.80. The highest BCUT2D eigenvalue weighted by atomic mass is 32.2. The van der Waals surface area contributed by atoms with Gasteiger partial charge in [-0.15, -0.1) is 0 Å². The Labute approximate surface area is 161 Å². The van der Waals surface area contributed by atoms with Crippen LogP contribution in [0.1, 0.15) is 11.1 Å². The van der Waals surface area contributed by atoms with E-state index in [0.29, 0.717) is 12.1 Å². The minimum atomic E-state index is -4.45. The molecule has 0 fully saturated rings. The number of rotatable bonds is 6. The van der Waals surface area contributed by atoms with Crippen molar-refractivity contribution in [3.05, 3.63) is 65.7 Å². The van der Waals surface area contributed by atoms with Gasteiger partial charge in [0.05, 0.1) is 4.90 Å². The van der Waals surface area contributed by atoms with Gasteiger partial charge in [-0.25, -0.2) is 13.6 Å². The summed E-state index contributed by atoms with van der Waals surface area (Å²) in [4.78, 5) is 0.864. The van der Waals surface area contributed by atoms with Gasteiger partial charge < -0.3 is 10.2 Å². The maximum Gasteiger partial charge on any atom is 0.406 e. The van der Waals surface area contributed by atoms with Crippen molar-refractivity contribution in [3.8, 4) is 0 Å². The fraction of sp³-hybridized carbons (Fsp3) is 0.235. The maximum atomic E-state index is 12.9. The van der Waals surface area contributed by atoms with Gasteiger partial charge >= 0.3 is 6.18 Å². The maximum absolute atomic E-state index is 12.9. The van der Waals surface area contributed by atoms with Crippen LogP contribution in [-0.2, 0) is 23.1 Å². The highest BCUT2D eigenvalue weighted by Crippen LogP contribution is 2.19. The third kappa shape index (κ3) is 7.16. The molecule has 0 aliphatic heterocycles. The number of hydrogen-bond acceptors (Lipinski definition) is 3. The van der Waals surface area contributed by atoms with E-state index in [2.05, 4.69) is 5.32 Å². The molecule has 3 N–H and O–H groups in total. The van der Waals surface area contributed by atoms with Crippen molar-refractivity contribution in [2.24, 2.45) is 5.14 Å². The molecule has 146 valence electrons. The van der Waals surface area contributed by atoms with Crippen molar-refractivity contribution >= 4 is 27.4 Å². The Balaban J connectivity index is 2.10. The lowest BCUT2D eigenvalue weighted by molar-refractivity contribution is -0.138. The lowest BCUT2D eigenvalue weighted by atomic mass is 10.2. The number of nitrogens with two attached hydrogens (primary N) is 1. The monoisotopic (exact) mass is 417 g/mol. The summed E-state index contributed by atoms with van der Waals surface area (Å²) in [6.07, 6.45) is -4.45. The summed E-state index contributed by atoms with van der Waals surface area (Å²) in [5.74, 6) is 0. The van der Waals surface area contributed by atoms with Crippen LogP contribution in [0.15, 0.2) is 59.5 Å². The van der Waals surface area contributed by atoms with Crippen LogP contribution in [0.2, 0.25) is 0 Å². The molecule has 0 saturated heterocycles. The van der Waals surface area contributed by atoms with Crippen molar-refractivity contribution in [2.75, 3.05) is 6.54 Å². The molecule has 2 rings (SSSR count). The van der Waals surface area contributed by atoms with Gasteiger partial charge in [0.15, 0.2) is 5.11 Å². The first-order chi connectivity index (χ1) is 12.5. The highest BCUT2D eigenvalue weighted by molar-refractivity contribution is 7.89. The fourth-order valence-electron chi connectivity index (χ4n) is 2.31. The van der Waals surface area contributed by atoms with Crippen molar-refractivity contribution in [3.63, 3.8) is 0 Å². The number of nitrogens with zero attached hydrogens (tertiary/aromatic N) is 1. The van der Waals surface area contributed by atoms with Crippen LogP contribution in [0, 0.1) is 0 Å². The number of thiocarbonyl (C=S) groups is 1. The molecule has 0 saturated carbocycles. The Kier molecular flexibility index (Phi) is 6.79. The molecule has 0 radical (unpaired) electrons. The van der Waals surface area contributed by atoms with E-state index in [1.807, 2.05) is 30.3 Å². The number of nitrogens with one attached hydrogen (secondary N) is 1. The molecule has 0 unspecified atom stereocenters. The number of alkyl halides is 3. The van der Waals surface area contributed by atoms with Crippen LogP contribution >= 0.6 is 12.2 Å². The predicted molar refractivity (Wildman–Crippen MR) is 100 cm³/mol. The lowest BCUT2D eigenvalue weighted by Gasteiger charge is -2.27. The largest absolute Gasteiger partial charge is 0.406 e. The van der Waals surface area contributed by atoms with Crippen LogP contribution < -0.4 is 10.5 Å². The second kappa shape index (κ2) is 8.68. The molecule has 0 aliphatic rings. The molecule has 5 nitrogen and oxygen atoms in total. The van der Waals surface area contributed by atoms with Gasteiger partial charge in [-0.2, -0.15) is 13.2 Å². The Morgan fingerprint density at radius 3 is 2.15 bits per heavy atom. The molecule has 2 aromatic carbocycles. The minimum Gasteiger partial charge on any atom is -0.358 e. The van der Waals surface area contributed by atoms with Crippen molar-refractivity contribution in [1.29, 1.82) is 0 Å². The minimum absolute atomic E-state index is 0.0494. The van der Waals surface area contributed by atoms with E-state index in [4.69, 9.17) is 17.4 Å². The van der Waals surface area contributed by atoms with E-state index in [9.17, 15) is 21.6 Å². The summed E-state index contributed by atoms with van der Waals surface area (Å²) in [5.41, 5.74) is 1.35. The van der Waals surface area contributed by atoms with E-state index in [-0.39, 0.29) is 16.6 Å². The van der Waals surface area contributed by atoms with E-state index in [1.165, 1.54) is 24.3 Å². The number of primary sulfonamides is 1. The molecule has 2 aromatic rings. The Hall–Kier alpha value is -2.17. The number of hydrogen-bond donors (Lipinski definition) is 2. The molecule has 0 spiro atoms. The van der Waals surface area contributed by atoms with Crippen LogP contribution in [-0.4, -0.2) is 31.2 Å². The quantitative estimate of drug-likeness (QED) is 0.707. The highest BCUT2D eigenvalue weighted by Gasteiger charge is 2.32. The van der Waals surface area contributed by atoms with Gasteiger partial charge in [-0.05, 0) is 35.5 Å². The smallest absolute Gasteiger partial charge is 0.358 e. The van der Waals surface area contributed by atoms with E-state index >= 15 is 0 Å². The molecule has 0 aromatic heterocycles. The zero-order valence-corrected chi connectivity index (χ0v) is 15.7. The second-order valence-electron chi connectivity index (χ2n) is 5.80. The first kappa shape index (κ1) is 21.1. The second-order valence-corrected chi connectivity index (χ2v) is 7.75. The molecular formula is C17H18F3N3O2S2.